The number of hydroxylamine groups is 2. The van der Waals surface area contributed by atoms with E-state index in [1.807, 2.05) is 5.32 Å². The van der Waals surface area contributed by atoms with E-state index in [1.54, 1.807) is 23.2 Å². The number of pyridine rings is 1. The average molecular weight is 524 g/mol. The fourth-order valence-electron chi connectivity index (χ4n) is 2.86. The van der Waals surface area contributed by atoms with E-state index in [0.29, 0.717) is 41.9 Å². The molecule has 1 aliphatic heterocycles. The first kappa shape index (κ1) is 28.4. The van der Waals surface area contributed by atoms with Crippen LogP contribution in [0.15, 0.2) is 47.6 Å². The summed E-state index contributed by atoms with van der Waals surface area (Å²) in [5.41, 5.74) is 3.15. The largest absolute Gasteiger partial charge is 0.389 e. The van der Waals surface area contributed by atoms with Crippen molar-refractivity contribution in [3.8, 4) is 0 Å². The van der Waals surface area contributed by atoms with Gasteiger partial charge in [0.2, 0.25) is 0 Å². The van der Waals surface area contributed by atoms with E-state index in [0.717, 1.165) is 6.07 Å². The van der Waals surface area contributed by atoms with Gasteiger partial charge in [0.15, 0.2) is 11.1 Å². The molecule has 3 rings (SSSR count). The van der Waals surface area contributed by atoms with Crippen molar-refractivity contribution in [2.24, 2.45) is 0 Å². The standard InChI is InChI=1S/C15H21F3N4O4.C5H5NO2S.H2/c16-12-7-10(1-2-13(12)21-4-3-20-26-6-5-21)22(25)9-11(23)8-19-15(24)14(17)18;7-9(8)5-2-1-3-6-4-5;/h1-2,7,11,14,20,23,25H,3-6,8-9H2,(H,19,24);1-4H,(H,7,8);1H/t11-;;/m0../s1. The zero-order valence-corrected chi connectivity index (χ0v) is 19.2. The summed E-state index contributed by atoms with van der Waals surface area (Å²) in [6.45, 7) is 1.09. The van der Waals surface area contributed by atoms with Gasteiger partial charge in [-0.3, -0.25) is 24.9 Å². The maximum absolute atomic E-state index is 14.4. The minimum atomic E-state index is -3.19. The molecule has 0 bridgehead atoms. The number of nitrogens with zero attached hydrogens (tertiary/aromatic N) is 3. The molecule has 1 aromatic heterocycles. The molecule has 0 radical (unpaired) electrons. The molecule has 1 amide bonds. The maximum Gasteiger partial charge on any atom is 0.315 e. The Morgan fingerprint density at radius 1 is 1.37 bits per heavy atom. The van der Waals surface area contributed by atoms with Crippen molar-refractivity contribution in [3.63, 3.8) is 0 Å². The Kier molecular flexibility index (Phi) is 11.8. The zero-order chi connectivity index (χ0) is 25.8. The van der Waals surface area contributed by atoms with Crippen molar-refractivity contribution in [1.82, 2.24) is 15.8 Å². The molecule has 1 fully saturated rings. The molecule has 0 saturated carbocycles. The van der Waals surface area contributed by atoms with Crippen LogP contribution in [0.3, 0.4) is 0 Å². The molecule has 1 aliphatic rings. The number of halogens is 3. The molecule has 11 nitrogen and oxygen atoms in total. The molecule has 196 valence electrons. The topological polar surface area (TPSA) is 147 Å². The minimum absolute atomic E-state index is 0. The number of alkyl halides is 2. The number of aliphatic hydroxyl groups is 1. The number of amides is 1. The van der Waals surface area contributed by atoms with Crippen LogP contribution in [0.4, 0.5) is 24.5 Å². The summed E-state index contributed by atoms with van der Waals surface area (Å²) in [4.78, 5) is 21.6. The van der Waals surface area contributed by atoms with Crippen LogP contribution in [-0.2, 0) is 20.7 Å². The highest BCUT2D eigenvalue weighted by Gasteiger charge is 2.19. The number of nitrogens with one attached hydrogen (secondary N) is 2. The quantitative estimate of drug-likeness (QED) is 0.251. The number of benzene rings is 1. The van der Waals surface area contributed by atoms with Gasteiger partial charge in [-0.05, 0) is 24.3 Å². The number of anilines is 2. The SMILES string of the molecule is O=C(NC[C@H](O)CN(O)c1ccc(N2CCNOCC2)c(F)c1)C(F)F.O=S(O)c1cccnc1.[HH]. The van der Waals surface area contributed by atoms with Crippen LogP contribution < -0.4 is 20.8 Å². The summed E-state index contributed by atoms with van der Waals surface area (Å²) in [5, 5.41) is 22.0. The summed E-state index contributed by atoms with van der Waals surface area (Å²) in [5.74, 6) is -2.08. The van der Waals surface area contributed by atoms with Crippen LogP contribution in [-0.4, -0.2) is 81.8 Å². The van der Waals surface area contributed by atoms with Gasteiger partial charge in [-0.2, -0.15) is 8.78 Å². The third kappa shape index (κ3) is 9.75. The lowest BCUT2D eigenvalue weighted by atomic mass is 10.2. The van der Waals surface area contributed by atoms with Crippen molar-refractivity contribution in [2.45, 2.75) is 17.4 Å². The molecule has 2 heterocycles. The molecule has 2 aromatic rings. The lowest BCUT2D eigenvalue weighted by molar-refractivity contribution is -0.132. The van der Waals surface area contributed by atoms with E-state index in [2.05, 4.69) is 10.5 Å². The lowest BCUT2D eigenvalue weighted by Gasteiger charge is -2.24. The van der Waals surface area contributed by atoms with Gasteiger partial charge in [-0.15, -0.1) is 0 Å². The number of aliphatic hydroxyl groups excluding tert-OH is 1. The summed E-state index contributed by atoms with van der Waals surface area (Å²) >= 11 is -1.89. The Labute approximate surface area is 203 Å². The number of hydrogen-bond acceptors (Lipinski definition) is 9. The number of rotatable bonds is 8. The molecular formula is C20H28F3N5O6S. The first-order valence-electron chi connectivity index (χ1n) is 10.3. The Bertz CT molecular complexity index is 961. The van der Waals surface area contributed by atoms with E-state index < -0.39 is 48.4 Å². The zero-order valence-electron chi connectivity index (χ0n) is 18.4. The fraction of sp³-hybridized carbons (Fsp3) is 0.400. The highest BCUT2D eigenvalue weighted by molar-refractivity contribution is 7.79. The van der Waals surface area contributed by atoms with Crippen molar-refractivity contribution in [1.29, 1.82) is 0 Å². The fourth-order valence-corrected chi connectivity index (χ4v) is 3.21. The second kappa shape index (κ2) is 14.6. The van der Waals surface area contributed by atoms with Crippen LogP contribution in [0.2, 0.25) is 0 Å². The Hall–Kier alpha value is -2.82. The second-order valence-electron chi connectivity index (χ2n) is 7.09. The summed E-state index contributed by atoms with van der Waals surface area (Å²) in [6, 6.07) is 7.21. The average Bonchev–Trinajstić information content (AvgIpc) is 3.12. The van der Waals surface area contributed by atoms with Crippen LogP contribution >= 0.6 is 0 Å². The molecule has 5 N–H and O–H groups in total. The molecule has 15 heteroatoms. The summed E-state index contributed by atoms with van der Waals surface area (Å²) < 4.78 is 57.2. The van der Waals surface area contributed by atoms with Crippen LogP contribution in [0, 0.1) is 5.82 Å². The van der Waals surface area contributed by atoms with Crippen molar-refractivity contribution in [3.05, 3.63) is 48.5 Å². The summed E-state index contributed by atoms with van der Waals surface area (Å²) in [6.07, 6.45) is -1.60. The smallest absolute Gasteiger partial charge is 0.315 e. The van der Waals surface area contributed by atoms with E-state index in [-0.39, 0.29) is 7.11 Å². The van der Waals surface area contributed by atoms with Gasteiger partial charge in [-0.1, -0.05) is 0 Å². The minimum Gasteiger partial charge on any atom is -0.389 e. The lowest BCUT2D eigenvalue weighted by Crippen LogP contribution is -2.41. The van der Waals surface area contributed by atoms with Crippen LogP contribution in [0.5, 0.6) is 0 Å². The first-order valence-corrected chi connectivity index (χ1v) is 11.4. The molecule has 0 spiro atoms. The van der Waals surface area contributed by atoms with Gasteiger partial charge < -0.3 is 19.9 Å². The van der Waals surface area contributed by atoms with Crippen molar-refractivity contribution >= 4 is 28.4 Å². The Morgan fingerprint density at radius 3 is 2.74 bits per heavy atom. The third-order valence-corrected chi connectivity index (χ3v) is 5.19. The molecule has 1 aromatic carbocycles. The van der Waals surface area contributed by atoms with Crippen molar-refractivity contribution < 1.29 is 43.3 Å². The second-order valence-corrected chi connectivity index (χ2v) is 8.05. The van der Waals surface area contributed by atoms with E-state index in [1.165, 1.54) is 18.3 Å². The van der Waals surface area contributed by atoms with Gasteiger partial charge in [-0.25, -0.2) is 14.1 Å². The van der Waals surface area contributed by atoms with E-state index in [9.17, 15) is 32.5 Å². The Morgan fingerprint density at radius 2 is 2.14 bits per heavy atom. The van der Waals surface area contributed by atoms with Crippen LogP contribution in [0.25, 0.3) is 0 Å². The molecule has 1 unspecified atom stereocenters. The van der Waals surface area contributed by atoms with Gasteiger partial charge in [0.1, 0.15) is 5.82 Å². The first-order chi connectivity index (χ1) is 16.7. The maximum atomic E-state index is 14.4. The van der Waals surface area contributed by atoms with Gasteiger partial charge in [0, 0.05) is 46.1 Å². The predicted molar refractivity (Wildman–Crippen MR) is 122 cm³/mol. The predicted octanol–water partition coefficient (Wildman–Crippen LogP) is 1.01. The molecule has 2 atom stereocenters. The third-order valence-electron chi connectivity index (χ3n) is 4.55. The highest BCUT2D eigenvalue weighted by Crippen LogP contribution is 2.24. The van der Waals surface area contributed by atoms with E-state index >= 15 is 0 Å². The number of aromatic nitrogens is 1. The van der Waals surface area contributed by atoms with Crippen LogP contribution in [0.1, 0.15) is 1.43 Å². The molecule has 1 saturated heterocycles. The normalized spacial score (nSPS) is 15.5. The molecule has 35 heavy (non-hydrogen) atoms. The molecular weight excluding hydrogens is 495 g/mol. The Balaban J connectivity index is 0.000000546. The number of carbonyl (C=O) groups is 1. The highest BCUT2D eigenvalue weighted by atomic mass is 32.2. The monoisotopic (exact) mass is 523 g/mol. The van der Waals surface area contributed by atoms with Crippen molar-refractivity contribution in [2.75, 3.05) is 49.3 Å². The summed E-state index contributed by atoms with van der Waals surface area (Å²) in [7, 11) is 0. The number of carbonyl (C=O) groups excluding carboxylic acids is 1. The number of hydrogen-bond donors (Lipinski definition) is 5. The van der Waals surface area contributed by atoms with Gasteiger partial charge >= 0.3 is 6.43 Å². The van der Waals surface area contributed by atoms with E-state index in [4.69, 9.17) is 9.39 Å². The van der Waals surface area contributed by atoms with Gasteiger partial charge in [0.25, 0.3) is 5.91 Å². The molecule has 0 aliphatic carbocycles. The van der Waals surface area contributed by atoms with Gasteiger partial charge in [0.05, 0.1) is 35.5 Å².